The first-order valence-electron chi connectivity index (χ1n) is 6.31. The minimum Gasteiger partial charge on any atom is -0.392 e. The van der Waals surface area contributed by atoms with Crippen molar-refractivity contribution in [3.8, 4) is 0 Å². The standard InChI is InChI=1S/C14H17ClO2/c15-12-4-2-1-3-9(12)7-13(16)11-8-10-5-6-14(11)17-10/h1-4,10-11,13-14,16H,5-8H2. The van der Waals surface area contributed by atoms with Gasteiger partial charge in [-0.05, 0) is 30.9 Å². The van der Waals surface area contributed by atoms with E-state index in [1.54, 1.807) is 0 Å². The summed E-state index contributed by atoms with van der Waals surface area (Å²) in [4.78, 5) is 0. The van der Waals surface area contributed by atoms with Crippen molar-refractivity contribution in [2.24, 2.45) is 5.92 Å². The molecule has 0 radical (unpaired) electrons. The number of aliphatic hydroxyl groups is 1. The summed E-state index contributed by atoms with van der Waals surface area (Å²) < 4.78 is 5.78. The third-order valence-corrected chi connectivity index (χ3v) is 4.40. The Kier molecular flexibility index (Phi) is 3.12. The lowest BCUT2D eigenvalue weighted by Gasteiger charge is -2.24. The minimum absolute atomic E-state index is 0.275. The van der Waals surface area contributed by atoms with Gasteiger partial charge in [-0.2, -0.15) is 0 Å². The van der Waals surface area contributed by atoms with Crippen molar-refractivity contribution < 1.29 is 9.84 Å². The lowest BCUT2D eigenvalue weighted by atomic mass is 9.83. The second kappa shape index (κ2) is 4.60. The van der Waals surface area contributed by atoms with Crippen LogP contribution in [0.5, 0.6) is 0 Å². The van der Waals surface area contributed by atoms with Gasteiger partial charge in [0.1, 0.15) is 0 Å². The molecule has 0 aliphatic carbocycles. The average Bonchev–Trinajstić information content (AvgIpc) is 2.94. The zero-order valence-corrected chi connectivity index (χ0v) is 10.4. The third-order valence-electron chi connectivity index (χ3n) is 4.03. The Morgan fingerprint density at radius 3 is 2.82 bits per heavy atom. The maximum absolute atomic E-state index is 10.3. The summed E-state index contributed by atoms with van der Waals surface area (Å²) in [6, 6.07) is 7.74. The van der Waals surface area contributed by atoms with Crippen molar-refractivity contribution in [3.63, 3.8) is 0 Å². The number of aliphatic hydroxyl groups excluding tert-OH is 1. The molecule has 0 spiro atoms. The van der Waals surface area contributed by atoms with Crippen LogP contribution in [0.1, 0.15) is 24.8 Å². The van der Waals surface area contributed by atoms with Crippen LogP contribution in [0.15, 0.2) is 24.3 Å². The molecule has 2 nitrogen and oxygen atoms in total. The molecule has 0 amide bonds. The highest BCUT2D eigenvalue weighted by Gasteiger charge is 2.43. The van der Waals surface area contributed by atoms with E-state index in [-0.39, 0.29) is 12.2 Å². The van der Waals surface area contributed by atoms with Crippen molar-refractivity contribution in [3.05, 3.63) is 34.9 Å². The van der Waals surface area contributed by atoms with Crippen LogP contribution >= 0.6 is 11.6 Å². The first-order valence-corrected chi connectivity index (χ1v) is 6.69. The number of fused-ring (bicyclic) bond motifs is 2. The second-order valence-corrected chi connectivity index (χ2v) is 5.54. The van der Waals surface area contributed by atoms with E-state index >= 15 is 0 Å². The fraction of sp³-hybridized carbons (Fsp3) is 0.571. The second-order valence-electron chi connectivity index (χ2n) is 5.14. The van der Waals surface area contributed by atoms with Crippen molar-refractivity contribution in [1.29, 1.82) is 0 Å². The van der Waals surface area contributed by atoms with Crippen molar-refractivity contribution in [2.75, 3.05) is 0 Å². The molecule has 0 aromatic heterocycles. The van der Waals surface area contributed by atoms with Gasteiger partial charge in [-0.3, -0.25) is 0 Å². The first-order chi connectivity index (χ1) is 8.24. The van der Waals surface area contributed by atoms with Crippen LogP contribution in [0.2, 0.25) is 5.02 Å². The van der Waals surface area contributed by atoms with Gasteiger partial charge in [0.25, 0.3) is 0 Å². The molecule has 4 unspecified atom stereocenters. The number of rotatable bonds is 3. The molecule has 2 aliphatic rings. The molecule has 2 saturated heterocycles. The number of benzene rings is 1. The Morgan fingerprint density at radius 1 is 1.35 bits per heavy atom. The van der Waals surface area contributed by atoms with Crippen molar-refractivity contribution in [2.45, 2.75) is 44.0 Å². The number of ether oxygens (including phenoxy) is 1. The quantitative estimate of drug-likeness (QED) is 0.897. The van der Waals surface area contributed by atoms with Gasteiger partial charge >= 0.3 is 0 Å². The lowest BCUT2D eigenvalue weighted by molar-refractivity contribution is 0.0432. The van der Waals surface area contributed by atoms with Gasteiger partial charge in [-0.15, -0.1) is 0 Å². The minimum atomic E-state index is -0.329. The highest BCUT2D eigenvalue weighted by molar-refractivity contribution is 6.31. The Morgan fingerprint density at radius 2 is 2.18 bits per heavy atom. The van der Waals surface area contributed by atoms with Gasteiger partial charge in [0.15, 0.2) is 0 Å². The Hall–Kier alpha value is -0.570. The molecular weight excluding hydrogens is 236 g/mol. The number of hydrogen-bond acceptors (Lipinski definition) is 2. The van der Waals surface area contributed by atoms with E-state index in [0.717, 1.165) is 23.4 Å². The molecule has 2 heterocycles. The van der Waals surface area contributed by atoms with Crippen LogP contribution in [0.4, 0.5) is 0 Å². The average molecular weight is 253 g/mol. The Bertz CT molecular complexity index is 407. The van der Waals surface area contributed by atoms with Gasteiger partial charge in [0.05, 0.1) is 18.3 Å². The fourth-order valence-corrected chi connectivity index (χ4v) is 3.34. The molecule has 1 aromatic rings. The van der Waals surface area contributed by atoms with Crippen LogP contribution < -0.4 is 0 Å². The maximum atomic E-state index is 10.3. The molecule has 3 heteroatoms. The van der Waals surface area contributed by atoms with E-state index in [9.17, 15) is 5.11 Å². The van der Waals surface area contributed by atoms with Gasteiger partial charge in [-0.1, -0.05) is 29.8 Å². The molecule has 2 bridgehead atoms. The molecule has 92 valence electrons. The van der Waals surface area contributed by atoms with Crippen molar-refractivity contribution >= 4 is 11.6 Å². The predicted octanol–water partition coefficient (Wildman–Crippen LogP) is 2.81. The molecule has 4 atom stereocenters. The molecule has 2 fully saturated rings. The zero-order chi connectivity index (χ0) is 11.8. The third kappa shape index (κ3) is 2.22. The van der Waals surface area contributed by atoms with Gasteiger partial charge < -0.3 is 9.84 Å². The predicted molar refractivity (Wildman–Crippen MR) is 67.2 cm³/mol. The largest absolute Gasteiger partial charge is 0.392 e. The summed E-state index contributed by atoms with van der Waals surface area (Å²) >= 11 is 6.11. The summed E-state index contributed by atoms with van der Waals surface area (Å²) in [5, 5.41) is 11.1. The van der Waals surface area contributed by atoms with E-state index in [0.29, 0.717) is 18.4 Å². The summed E-state index contributed by atoms with van der Waals surface area (Å²) in [6.07, 6.45) is 4.26. The Labute approximate surface area is 107 Å². The van der Waals surface area contributed by atoms with E-state index in [1.807, 2.05) is 24.3 Å². The number of hydrogen-bond donors (Lipinski definition) is 1. The molecule has 2 aliphatic heterocycles. The zero-order valence-electron chi connectivity index (χ0n) is 9.68. The van der Waals surface area contributed by atoms with Crippen LogP contribution in [0, 0.1) is 5.92 Å². The molecule has 1 aromatic carbocycles. The molecule has 0 saturated carbocycles. The summed E-state index contributed by atoms with van der Waals surface area (Å²) in [5.74, 6) is 0.296. The van der Waals surface area contributed by atoms with Gasteiger partial charge in [0, 0.05) is 17.4 Å². The number of halogens is 1. The monoisotopic (exact) mass is 252 g/mol. The van der Waals surface area contributed by atoms with Crippen LogP contribution in [-0.2, 0) is 11.2 Å². The molecular formula is C14H17ClO2. The van der Waals surface area contributed by atoms with E-state index in [2.05, 4.69) is 0 Å². The highest BCUT2D eigenvalue weighted by Crippen LogP contribution is 2.41. The van der Waals surface area contributed by atoms with Gasteiger partial charge in [0.2, 0.25) is 0 Å². The van der Waals surface area contributed by atoms with E-state index < -0.39 is 0 Å². The van der Waals surface area contributed by atoms with Crippen LogP contribution in [-0.4, -0.2) is 23.4 Å². The fourth-order valence-electron chi connectivity index (χ4n) is 3.12. The highest BCUT2D eigenvalue weighted by atomic mass is 35.5. The SMILES string of the molecule is OC(Cc1ccccc1Cl)C1CC2CCC1O2. The van der Waals surface area contributed by atoms with Crippen LogP contribution in [0.3, 0.4) is 0 Å². The molecule has 1 N–H and O–H groups in total. The Balaban J connectivity index is 1.68. The summed E-state index contributed by atoms with van der Waals surface area (Å²) in [6.45, 7) is 0. The summed E-state index contributed by atoms with van der Waals surface area (Å²) in [5.41, 5.74) is 1.03. The van der Waals surface area contributed by atoms with Gasteiger partial charge in [-0.25, -0.2) is 0 Å². The smallest absolute Gasteiger partial charge is 0.0634 e. The van der Waals surface area contributed by atoms with E-state index in [1.165, 1.54) is 6.42 Å². The van der Waals surface area contributed by atoms with E-state index in [4.69, 9.17) is 16.3 Å². The van der Waals surface area contributed by atoms with Crippen LogP contribution in [0.25, 0.3) is 0 Å². The molecule has 17 heavy (non-hydrogen) atoms. The normalized spacial score (nSPS) is 32.9. The topological polar surface area (TPSA) is 29.5 Å². The molecule has 3 rings (SSSR count). The first kappa shape index (κ1) is 11.5. The lowest BCUT2D eigenvalue weighted by Crippen LogP contribution is -2.31. The van der Waals surface area contributed by atoms with Crippen molar-refractivity contribution in [1.82, 2.24) is 0 Å². The summed E-state index contributed by atoms with van der Waals surface area (Å²) in [7, 11) is 0. The maximum Gasteiger partial charge on any atom is 0.0634 e.